The second-order valence-electron chi connectivity index (χ2n) is 3.65. The summed E-state index contributed by atoms with van der Waals surface area (Å²) in [4.78, 5) is 24.3. The van der Waals surface area contributed by atoms with Crippen molar-refractivity contribution in [1.82, 2.24) is 0 Å². The van der Waals surface area contributed by atoms with Gasteiger partial charge >= 0.3 is 11.9 Å². The van der Waals surface area contributed by atoms with Crippen molar-refractivity contribution in [1.29, 1.82) is 0 Å². The Morgan fingerprint density at radius 3 is 2.00 bits per heavy atom. The number of hydrogen-bond donors (Lipinski definition) is 1. The quantitative estimate of drug-likeness (QED) is 0.499. The molecule has 0 unspecified atom stereocenters. The van der Waals surface area contributed by atoms with Crippen LogP contribution in [0.3, 0.4) is 0 Å². The molecule has 0 aliphatic heterocycles. The molecular weight excluding hydrogens is 268 g/mol. The highest BCUT2D eigenvalue weighted by Crippen LogP contribution is 2.27. The number of rotatable bonds is 5. The number of hydrogen-bond acceptors (Lipinski definition) is 6. The summed E-state index contributed by atoms with van der Waals surface area (Å²) < 4.78 is 8.95. The van der Waals surface area contributed by atoms with Gasteiger partial charge in [-0.15, -0.1) is 11.8 Å². The standard InChI is InChI=1S/C13H16O5S/c1-4-19-10-7-5-9(6-8-10)13(16,11(14)17-2)12(15)18-3/h5-8,16H,4H2,1-3H3. The van der Waals surface area contributed by atoms with Gasteiger partial charge in [-0.25, -0.2) is 9.59 Å². The van der Waals surface area contributed by atoms with Crippen molar-refractivity contribution in [3.63, 3.8) is 0 Å². The lowest BCUT2D eigenvalue weighted by Crippen LogP contribution is -2.45. The van der Waals surface area contributed by atoms with Gasteiger partial charge in [-0.3, -0.25) is 0 Å². The van der Waals surface area contributed by atoms with E-state index in [-0.39, 0.29) is 5.56 Å². The molecule has 0 aromatic heterocycles. The fraction of sp³-hybridized carbons (Fsp3) is 0.385. The largest absolute Gasteiger partial charge is 0.466 e. The van der Waals surface area contributed by atoms with Crippen LogP contribution in [0.4, 0.5) is 0 Å². The second kappa shape index (κ2) is 6.58. The van der Waals surface area contributed by atoms with E-state index in [1.165, 1.54) is 12.1 Å². The van der Waals surface area contributed by atoms with Crippen molar-refractivity contribution >= 4 is 23.7 Å². The first-order valence-electron chi connectivity index (χ1n) is 5.63. The maximum Gasteiger partial charge on any atom is 0.354 e. The van der Waals surface area contributed by atoms with Gasteiger partial charge in [-0.2, -0.15) is 0 Å². The maximum atomic E-state index is 11.7. The van der Waals surface area contributed by atoms with Crippen molar-refractivity contribution in [2.75, 3.05) is 20.0 Å². The van der Waals surface area contributed by atoms with E-state index in [9.17, 15) is 14.7 Å². The molecule has 0 saturated heterocycles. The third kappa shape index (κ3) is 3.08. The maximum absolute atomic E-state index is 11.7. The van der Waals surface area contributed by atoms with Gasteiger partial charge < -0.3 is 14.6 Å². The molecule has 6 heteroatoms. The number of ether oxygens (including phenoxy) is 2. The van der Waals surface area contributed by atoms with Gasteiger partial charge in [-0.05, 0) is 17.9 Å². The summed E-state index contributed by atoms with van der Waals surface area (Å²) in [6, 6.07) is 6.46. The topological polar surface area (TPSA) is 72.8 Å². The first-order chi connectivity index (χ1) is 9.00. The SMILES string of the molecule is CCSc1ccc(C(O)(C(=O)OC)C(=O)OC)cc1. The Hall–Kier alpha value is -1.53. The molecule has 1 aromatic rings. The molecule has 1 N–H and O–H groups in total. The van der Waals surface area contributed by atoms with Crippen LogP contribution in [0.1, 0.15) is 12.5 Å². The van der Waals surface area contributed by atoms with Crippen LogP contribution in [0.5, 0.6) is 0 Å². The summed E-state index contributed by atoms with van der Waals surface area (Å²) in [5.74, 6) is -1.25. The molecule has 0 aliphatic rings. The van der Waals surface area contributed by atoms with E-state index in [1.54, 1.807) is 23.9 Å². The Balaban J connectivity index is 3.18. The summed E-state index contributed by atoms with van der Waals surface area (Å²) in [5, 5.41) is 10.3. The number of thioether (sulfide) groups is 1. The molecular formula is C13H16O5S. The minimum Gasteiger partial charge on any atom is -0.466 e. The zero-order valence-electron chi connectivity index (χ0n) is 11.0. The van der Waals surface area contributed by atoms with E-state index >= 15 is 0 Å². The van der Waals surface area contributed by atoms with Crippen molar-refractivity contribution in [2.24, 2.45) is 0 Å². The van der Waals surface area contributed by atoms with Crippen molar-refractivity contribution < 1.29 is 24.2 Å². The fourth-order valence-corrected chi connectivity index (χ4v) is 2.24. The van der Waals surface area contributed by atoms with Crippen molar-refractivity contribution in [3.05, 3.63) is 29.8 Å². The third-order valence-corrected chi connectivity index (χ3v) is 3.44. The lowest BCUT2D eigenvalue weighted by molar-refractivity contribution is -0.181. The number of methoxy groups -OCH3 is 2. The van der Waals surface area contributed by atoms with Gasteiger partial charge in [-0.1, -0.05) is 19.1 Å². The molecule has 0 atom stereocenters. The van der Waals surface area contributed by atoms with Crippen molar-refractivity contribution in [3.8, 4) is 0 Å². The van der Waals surface area contributed by atoms with Crippen LogP contribution in [0.2, 0.25) is 0 Å². The monoisotopic (exact) mass is 284 g/mol. The van der Waals surface area contributed by atoms with Gasteiger partial charge in [0.05, 0.1) is 14.2 Å². The predicted octanol–water partition coefficient (Wildman–Crippen LogP) is 1.33. The van der Waals surface area contributed by atoms with Gasteiger partial charge in [0.2, 0.25) is 0 Å². The average Bonchev–Trinajstić information content (AvgIpc) is 2.45. The Kier molecular flexibility index (Phi) is 5.38. The lowest BCUT2D eigenvalue weighted by atomic mass is 9.94. The van der Waals surface area contributed by atoms with Crippen LogP contribution in [0.25, 0.3) is 0 Å². The highest BCUT2D eigenvalue weighted by molar-refractivity contribution is 7.99. The Morgan fingerprint density at radius 1 is 1.16 bits per heavy atom. The molecule has 0 bridgehead atoms. The predicted molar refractivity (Wildman–Crippen MR) is 70.8 cm³/mol. The molecule has 1 rings (SSSR count). The van der Waals surface area contributed by atoms with E-state index in [0.29, 0.717) is 0 Å². The number of benzene rings is 1. The summed E-state index contributed by atoms with van der Waals surface area (Å²) in [5.41, 5.74) is -2.31. The first kappa shape index (κ1) is 15.5. The molecule has 104 valence electrons. The summed E-state index contributed by atoms with van der Waals surface area (Å²) in [7, 11) is 2.19. The van der Waals surface area contributed by atoms with Crippen LogP contribution < -0.4 is 0 Å². The van der Waals surface area contributed by atoms with Crippen molar-refractivity contribution in [2.45, 2.75) is 17.4 Å². The molecule has 0 heterocycles. The first-order valence-corrected chi connectivity index (χ1v) is 6.61. The van der Waals surface area contributed by atoms with Gasteiger partial charge in [0, 0.05) is 10.5 Å². The molecule has 0 fully saturated rings. The minimum atomic E-state index is -2.43. The van der Waals surface area contributed by atoms with E-state index in [1.807, 2.05) is 6.92 Å². The second-order valence-corrected chi connectivity index (χ2v) is 4.99. The number of carbonyl (C=O) groups is 2. The van der Waals surface area contributed by atoms with E-state index < -0.39 is 17.5 Å². The van der Waals surface area contributed by atoms with Crippen LogP contribution in [0.15, 0.2) is 29.2 Å². The number of esters is 2. The molecule has 5 nitrogen and oxygen atoms in total. The number of aliphatic hydroxyl groups is 1. The summed E-state index contributed by atoms with van der Waals surface area (Å²) in [6.07, 6.45) is 0. The van der Waals surface area contributed by atoms with Crippen LogP contribution in [0, 0.1) is 0 Å². The van der Waals surface area contributed by atoms with E-state index in [4.69, 9.17) is 0 Å². The molecule has 1 aromatic carbocycles. The molecule has 0 radical (unpaired) electrons. The van der Waals surface area contributed by atoms with Gasteiger partial charge in [0.15, 0.2) is 0 Å². The lowest BCUT2D eigenvalue weighted by Gasteiger charge is -2.22. The van der Waals surface area contributed by atoms with Gasteiger partial charge in [0.25, 0.3) is 5.60 Å². The zero-order chi connectivity index (χ0) is 14.5. The van der Waals surface area contributed by atoms with Crippen LogP contribution in [-0.2, 0) is 24.7 Å². The zero-order valence-corrected chi connectivity index (χ0v) is 11.8. The Bertz CT molecular complexity index is 439. The third-order valence-electron chi connectivity index (χ3n) is 2.54. The normalized spacial score (nSPS) is 10.9. The van der Waals surface area contributed by atoms with E-state index in [2.05, 4.69) is 9.47 Å². The van der Waals surface area contributed by atoms with Gasteiger partial charge in [0.1, 0.15) is 0 Å². The van der Waals surface area contributed by atoms with E-state index in [0.717, 1.165) is 24.9 Å². The highest BCUT2D eigenvalue weighted by Gasteiger charge is 2.48. The summed E-state index contributed by atoms with van der Waals surface area (Å²) in [6.45, 7) is 2.01. The van der Waals surface area contributed by atoms with Crippen LogP contribution >= 0.6 is 11.8 Å². The Labute approximate surface area is 115 Å². The highest BCUT2D eigenvalue weighted by atomic mass is 32.2. The minimum absolute atomic E-state index is 0.117. The summed E-state index contributed by atoms with van der Waals surface area (Å²) >= 11 is 1.61. The Morgan fingerprint density at radius 2 is 1.63 bits per heavy atom. The molecule has 0 saturated carbocycles. The fourth-order valence-electron chi connectivity index (χ4n) is 1.57. The van der Waals surface area contributed by atoms with Crippen LogP contribution in [-0.4, -0.2) is 37.0 Å². The number of carbonyl (C=O) groups excluding carboxylic acids is 2. The molecule has 19 heavy (non-hydrogen) atoms. The molecule has 0 amide bonds. The smallest absolute Gasteiger partial charge is 0.354 e. The average molecular weight is 284 g/mol. The molecule has 0 spiro atoms. The molecule has 0 aliphatic carbocycles.